The first kappa shape index (κ1) is 16.2. The molecule has 0 bridgehead atoms. The summed E-state index contributed by atoms with van der Waals surface area (Å²) < 4.78 is 32.2. The second kappa shape index (κ2) is 6.32. The lowest BCUT2D eigenvalue weighted by atomic mass is 10.2. The summed E-state index contributed by atoms with van der Waals surface area (Å²) in [7, 11) is -2.43. The van der Waals surface area contributed by atoms with E-state index >= 15 is 0 Å². The monoisotopic (exact) mass is 327 g/mol. The molecule has 9 heteroatoms. The molecule has 1 aromatic carbocycles. The molecule has 4 N–H and O–H groups in total. The quantitative estimate of drug-likeness (QED) is 0.613. The molecule has 0 aliphatic heterocycles. The lowest BCUT2D eigenvalue weighted by molar-refractivity contribution is -0.117. The Hall–Kier alpha value is -2.13. The molecule has 1 fully saturated rings. The second-order valence-corrected chi connectivity index (χ2v) is 6.59. The third-order valence-corrected chi connectivity index (χ3v) is 4.58. The third kappa shape index (κ3) is 3.95. The van der Waals surface area contributed by atoms with E-state index in [0.29, 0.717) is 0 Å². The smallest absolute Gasteiger partial charge is 0.251 e. The molecule has 0 atom stereocenters. The van der Waals surface area contributed by atoms with Crippen LogP contribution in [0.1, 0.15) is 23.2 Å². The van der Waals surface area contributed by atoms with Gasteiger partial charge in [0.1, 0.15) is 10.6 Å². The molecule has 1 aliphatic carbocycles. The standard InChI is InChI=1S/C13H17N3O5S/c1-21-10-5-2-8(13(18)15-7-12(14)17)6-11(10)22(19,20)16-9-3-4-9/h2,5-6,9,16H,3-4,7H2,1H3,(H2,14,17)(H,15,18). The highest BCUT2D eigenvalue weighted by Crippen LogP contribution is 2.28. The van der Waals surface area contributed by atoms with Crippen molar-refractivity contribution in [3.63, 3.8) is 0 Å². The van der Waals surface area contributed by atoms with Crippen LogP contribution in [0.2, 0.25) is 0 Å². The van der Waals surface area contributed by atoms with E-state index in [4.69, 9.17) is 10.5 Å². The van der Waals surface area contributed by atoms with Crippen LogP contribution in [0.25, 0.3) is 0 Å². The topological polar surface area (TPSA) is 128 Å². The molecule has 0 heterocycles. The van der Waals surface area contributed by atoms with Crippen LogP contribution in [0.4, 0.5) is 0 Å². The Morgan fingerprint density at radius 2 is 2.05 bits per heavy atom. The highest BCUT2D eigenvalue weighted by atomic mass is 32.2. The predicted molar refractivity (Wildman–Crippen MR) is 77.9 cm³/mol. The van der Waals surface area contributed by atoms with Crippen LogP contribution in [0.3, 0.4) is 0 Å². The Bertz CT molecular complexity index is 698. The first-order valence-electron chi connectivity index (χ1n) is 6.60. The van der Waals surface area contributed by atoms with Gasteiger partial charge in [-0.2, -0.15) is 0 Å². The lowest BCUT2D eigenvalue weighted by Crippen LogP contribution is -2.33. The van der Waals surface area contributed by atoms with Gasteiger partial charge < -0.3 is 15.8 Å². The van der Waals surface area contributed by atoms with Gasteiger partial charge in [0.2, 0.25) is 15.9 Å². The van der Waals surface area contributed by atoms with E-state index in [2.05, 4.69) is 10.0 Å². The summed E-state index contributed by atoms with van der Waals surface area (Å²) in [4.78, 5) is 22.4. The van der Waals surface area contributed by atoms with Crippen molar-refractivity contribution in [3.8, 4) is 5.75 Å². The van der Waals surface area contributed by atoms with Crippen LogP contribution >= 0.6 is 0 Å². The number of amides is 2. The molecule has 1 aromatic rings. The summed E-state index contributed by atoms with van der Waals surface area (Å²) >= 11 is 0. The average molecular weight is 327 g/mol. The van der Waals surface area contributed by atoms with E-state index in [9.17, 15) is 18.0 Å². The van der Waals surface area contributed by atoms with Crippen molar-refractivity contribution in [1.29, 1.82) is 0 Å². The molecule has 0 saturated heterocycles. The summed E-state index contributed by atoms with van der Waals surface area (Å²) in [5, 5.41) is 2.30. The molecule has 2 amide bonds. The van der Waals surface area contributed by atoms with Crippen molar-refractivity contribution < 1.29 is 22.7 Å². The summed E-state index contributed by atoms with van der Waals surface area (Å²) in [6.45, 7) is -0.326. The number of carbonyl (C=O) groups is 2. The summed E-state index contributed by atoms with van der Waals surface area (Å²) in [6.07, 6.45) is 1.58. The van der Waals surface area contributed by atoms with Gasteiger partial charge in [0.05, 0.1) is 13.7 Å². The molecule has 2 rings (SSSR count). The van der Waals surface area contributed by atoms with Gasteiger partial charge >= 0.3 is 0 Å². The number of ether oxygens (including phenoxy) is 1. The minimum absolute atomic E-state index is 0.0675. The van der Waals surface area contributed by atoms with Crippen molar-refractivity contribution in [2.24, 2.45) is 5.73 Å². The SMILES string of the molecule is COc1ccc(C(=O)NCC(N)=O)cc1S(=O)(=O)NC1CC1. The molecule has 0 aromatic heterocycles. The van der Waals surface area contributed by atoms with Gasteiger partial charge in [-0.3, -0.25) is 9.59 Å². The average Bonchev–Trinajstić information content (AvgIpc) is 3.27. The normalized spacial score (nSPS) is 14.4. The zero-order chi connectivity index (χ0) is 16.3. The van der Waals surface area contributed by atoms with Gasteiger partial charge in [0, 0.05) is 11.6 Å². The first-order chi connectivity index (χ1) is 10.3. The number of sulfonamides is 1. The Balaban J connectivity index is 2.29. The lowest BCUT2D eigenvalue weighted by Gasteiger charge is -2.12. The number of hydrogen-bond acceptors (Lipinski definition) is 5. The number of methoxy groups -OCH3 is 1. The number of nitrogens with one attached hydrogen (secondary N) is 2. The van der Waals surface area contributed by atoms with Crippen molar-refractivity contribution in [2.75, 3.05) is 13.7 Å². The van der Waals surface area contributed by atoms with E-state index in [0.717, 1.165) is 12.8 Å². The molecule has 1 saturated carbocycles. The van der Waals surface area contributed by atoms with E-state index < -0.39 is 21.8 Å². The minimum atomic E-state index is -3.77. The van der Waals surface area contributed by atoms with Gasteiger partial charge in [-0.1, -0.05) is 0 Å². The molecule has 0 radical (unpaired) electrons. The van der Waals surface area contributed by atoms with Crippen molar-refractivity contribution in [1.82, 2.24) is 10.0 Å². The fourth-order valence-electron chi connectivity index (χ4n) is 1.78. The summed E-state index contributed by atoms with van der Waals surface area (Å²) in [5.41, 5.74) is 5.04. The molecule has 120 valence electrons. The summed E-state index contributed by atoms with van der Waals surface area (Å²) in [5.74, 6) is -1.14. The zero-order valence-electron chi connectivity index (χ0n) is 12.0. The summed E-state index contributed by atoms with van der Waals surface area (Å²) in [6, 6.07) is 3.94. The molecule has 1 aliphatic rings. The fourth-order valence-corrected chi connectivity index (χ4v) is 3.28. The van der Waals surface area contributed by atoms with E-state index in [1.807, 2.05) is 0 Å². The third-order valence-electron chi connectivity index (χ3n) is 3.04. The highest BCUT2D eigenvalue weighted by molar-refractivity contribution is 7.89. The largest absolute Gasteiger partial charge is 0.495 e. The Morgan fingerprint density at radius 1 is 1.36 bits per heavy atom. The maximum Gasteiger partial charge on any atom is 0.251 e. The fraction of sp³-hybridized carbons (Fsp3) is 0.385. The molecular weight excluding hydrogens is 310 g/mol. The number of primary amides is 1. The minimum Gasteiger partial charge on any atom is -0.495 e. The van der Waals surface area contributed by atoms with Gasteiger partial charge in [-0.25, -0.2) is 13.1 Å². The van der Waals surface area contributed by atoms with Gasteiger partial charge in [-0.05, 0) is 31.0 Å². The number of carbonyl (C=O) groups excluding carboxylic acids is 2. The second-order valence-electron chi connectivity index (χ2n) is 4.91. The van der Waals surface area contributed by atoms with Crippen LogP contribution in [0, 0.1) is 0 Å². The van der Waals surface area contributed by atoms with Crippen LogP contribution in [0.5, 0.6) is 5.75 Å². The molecule has 8 nitrogen and oxygen atoms in total. The van der Waals surface area contributed by atoms with Gasteiger partial charge in [0.25, 0.3) is 5.91 Å². The Morgan fingerprint density at radius 3 is 2.59 bits per heavy atom. The predicted octanol–water partition coefficient (Wildman–Crippen LogP) is -0.649. The number of rotatable bonds is 7. The molecule has 22 heavy (non-hydrogen) atoms. The maximum atomic E-state index is 12.3. The number of hydrogen-bond donors (Lipinski definition) is 3. The van der Waals surface area contributed by atoms with Gasteiger partial charge in [0.15, 0.2) is 0 Å². The maximum absolute atomic E-state index is 12.3. The molecule has 0 unspecified atom stereocenters. The Kier molecular flexibility index (Phi) is 4.67. The van der Waals surface area contributed by atoms with Crippen molar-refractivity contribution in [3.05, 3.63) is 23.8 Å². The van der Waals surface area contributed by atoms with Crippen molar-refractivity contribution in [2.45, 2.75) is 23.8 Å². The van der Waals surface area contributed by atoms with E-state index in [1.54, 1.807) is 0 Å². The van der Waals surface area contributed by atoms with Crippen molar-refractivity contribution >= 4 is 21.8 Å². The van der Waals surface area contributed by atoms with Crippen LogP contribution in [-0.4, -0.2) is 39.9 Å². The number of nitrogens with two attached hydrogens (primary N) is 1. The van der Waals surface area contributed by atoms with Gasteiger partial charge in [-0.15, -0.1) is 0 Å². The highest BCUT2D eigenvalue weighted by Gasteiger charge is 2.30. The van der Waals surface area contributed by atoms with Crippen LogP contribution in [-0.2, 0) is 14.8 Å². The van der Waals surface area contributed by atoms with E-state index in [1.165, 1.54) is 25.3 Å². The number of benzene rings is 1. The zero-order valence-corrected chi connectivity index (χ0v) is 12.8. The molecule has 0 spiro atoms. The van der Waals surface area contributed by atoms with E-state index in [-0.39, 0.29) is 28.8 Å². The first-order valence-corrected chi connectivity index (χ1v) is 8.08. The van der Waals surface area contributed by atoms with Crippen LogP contribution < -0.4 is 20.5 Å². The molecular formula is C13H17N3O5S. The Labute approximate surface area is 128 Å². The van der Waals surface area contributed by atoms with Crippen LogP contribution in [0.15, 0.2) is 23.1 Å².